The zero-order valence-corrected chi connectivity index (χ0v) is 16.2. The summed E-state index contributed by atoms with van der Waals surface area (Å²) >= 11 is 0. The van der Waals surface area contributed by atoms with Crippen molar-refractivity contribution in [3.8, 4) is 11.5 Å². The Morgan fingerprint density at radius 1 is 1.38 bits per heavy atom. The van der Waals surface area contributed by atoms with E-state index in [1.54, 1.807) is 6.92 Å². The zero-order chi connectivity index (χ0) is 18.6. The van der Waals surface area contributed by atoms with E-state index in [4.69, 9.17) is 9.47 Å². The summed E-state index contributed by atoms with van der Waals surface area (Å²) in [5, 5.41) is 0. The van der Waals surface area contributed by atoms with Gasteiger partial charge in [-0.25, -0.2) is 8.42 Å². The van der Waals surface area contributed by atoms with E-state index >= 15 is 0 Å². The van der Waals surface area contributed by atoms with Crippen molar-refractivity contribution in [2.45, 2.75) is 39.2 Å². The molecule has 1 unspecified atom stereocenters. The molecule has 0 saturated heterocycles. The lowest BCUT2D eigenvalue weighted by Gasteiger charge is -2.33. The van der Waals surface area contributed by atoms with E-state index in [1.165, 1.54) is 0 Å². The van der Waals surface area contributed by atoms with E-state index in [2.05, 4.69) is 21.5 Å². The third-order valence-electron chi connectivity index (χ3n) is 4.66. The largest absolute Gasteiger partial charge is 0.491 e. The van der Waals surface area contributed by atoms with Gasteiger partial charge in [-0.3, -0.25) is 9.71 Å². The smallest absolute Gasteiger partial charge is 0.232 e. The lowest BCUT2D eigenvalue weighted by atomic mass is 9.98. The second kappa shape index (κ2) is 8.16. The maximum atomic E-state index is 12.2. The fourth-order valence-electron chi connectivity index (χ4n) is 3.17. The monoisotopic (exact) mass is 381 g/mol. The Bertz CT molecular complexity index is 764. The Morgan fingerprint density at radius 2 is 2.23 bits per heavy atom. The second-order valence-corrected chi connectivity index (χ2v) is 8.49. The van der Waals surface area contributed by atoms with Crippen LogP contribution in [0.4, 0.5) is 5.69 Å². The van der Waals surface area contributed by atoms with E-state index in [1.807, 2.05) is 18.5 Å². The van der Waals surface area contributed by atoms with Gasteiger partial charge in [0.05, 0.1) is 37.9 Å². The second-order valence-electron chi connectivity index (χ2n) is 6.48. The number of benzene rings is 1. The molecule has 0 bridgehead atoms. The van der Waals surface area contributed by atoms with Crippen LogP contribution >= 0.6 is 0 Å². The number of sulfonamides is 1. The summed E-state index contributed by atoms with van der Waals surface area (Å²) in [5.74, 6) is 1.09. The number of unbranched alkanes of at least 4 members (excludes halogenated alkanes) is 1. The van der Waals surface area contributed by atoms with E-state index < -0.39 is 10.0 Å². The standard InChI is InChI=1S/C18H27N3O4S/c1-3-5-11-24-16-7-6-14-15(21-10-9-19-13-21)8-12-25-18(14)17(16)20-26(22,23)4-2/h6-7,13,15,20H,3-5,8-12H2,1-2H3. The molecule has 2 heterocycles. The molecule has 0 radical (unpaired) electrons. The lowest BCUT2D eigenvalue weighted by molar-refractivity contribution is 0.209. The van der Waals surface area contributed by atoms with Gasteiger partial charge in [-0.1, -0.05) is 13.3 Å². The Hall–Kier alpha value is -1.96. The minimum atomic E-state index is -3.45. The topological polar surface area (TPSA) is 80.2 Å². The first kappa shape index (κ1) is 18.8. The van der Waals surface area contributed by atoms with Crippen LogP contribution in [-0.2, 0) is 10.0 Å². The summed E-state index contributed by atoms with van der Waals surface area (Å²) in [4.78, 5) is 6.49. The SMILES string of the molecule is CCCCOc1ccc2c(c1NS(=O)(=O)CC)OCCC2N1C=NCC1. The van der Waals surface area contributed by atoms with E-state index in [-0.39, 0.29) is 11.8 Å². The number of anilines is 1. The summed E-state index contributed by atoms with van der Waals surface area (Å²) < 4.78 is 38.9. The number of hydrogen-bond acceptors (Lipinski definition) is 6. The van der Waals surface area contributed by atoms with Crippen molar-refractivity contribution < 1.29 is 17.9 Å². The van der Waals surface area contributed by atoms with Crippen molar-refractivity contribution in [2.24, 2.45) is 4.99 Å². The van der Waals surface area contributed by atoms with Gasteiger partial charge in [0.25, 0.3) is 0 Å². The minimum Gasteiger partial charge on any atom is -0.491 e. The molecule has 0 amide bonds. The first-order valence-electron chi connectivity index (χ1n) is 9.24. The number of aliphatic imine (C=N–C) groups is 1. The average molecular weight is 381 g/mol. The Labute approximate surface area is 155 Å². The predicted molar refractivity (Wildman–Crippen MR) is 103 cm³/mol. The maximum absolute atomic E-state index is 12.2. The van der Waals surface area contributed by atoms with Crippen molar-refractivity contribution in [3.05, 3.63) is 17.7 Å². The van der Waals surface area contributed by atoms with Crippen molar-refractivity contribution >= 4 is 22.0 Å². The first-order valence-corrected chi connectivity index (χ1v) is 10.9. The third-order valence-corrected chi connectivity index (χ3v) is 5.93. The van der Waals surface area contributed by atoms with E-state index in [0.717, 1.165) is 37.9 Å². The molecule has 0 fully saturated rings. The van der Waals surface area contributed by atoms with Crippen LogP contribution in [0.1, 0.15) is 44.7 Å². The fraction of sp³-hybridized carbons (Fsp3) is 0.611. The normalized spacial score (nSPS) is 19.2. The predicted octanol–water partition coefficient (Wildman–Crippen LogP) is 2.79. The summed E-state index contributed by atoms with van der Waals surface area (Å²) in [6, 6.07) is 3.97. The van der Waals surface area contributed by atoms with Crippen LogP contribution in [0.3, 0.4) is 0 Å². The first-order chi connectivity index (χ1) is 12.6. The molecular weight excluding hydrogens is 354 g/mol. The molecule has 0 aliphatic carbocycles. The molecule has 0 saturated carbocycles. The van der Waals surface area contributed by atoms with Gasteiger partial charge in [0, 0.05) is 18.5 Å². The number of hydrogen-bond donors (Lipinski definition) is 1. The number of fused-ring (bicyclic) bond motifs is 1. The van der Waals surface area contributed by atoms with Crippen LogP contribution in [0.25, 0.3) is 0 Å². The average Bonchev–Trinajstić information content (AvgIpc) is 3.17. The van der Waals surface area contributed by atoms with Crippen LogP contribution in [0.15, 0.2) is 17.1 Å². The highest BCUT2D eigenvalue weighted by molar-refractivity contribution is 7.92. The number of nitrogens with one attached hydrogen (secondary N) is 1. The lowest BCUT2D eigenvalue weighted by Crippen LogP contribution is -2.31. The van der Waals surface area contributed by atoms with Crippen LogP contribution in [0.5, 0.6) is 11.5 Å². The summed E-state index contributed by atoms with van der Waals surface area (Å²) in [6.45, 7) is 6.43. The van der Waals surface area contributed by atoms with Gasteiger partial charge in [-0.2, -0.15) is 0 Å². The molecule has 3 rings (SSSR count). The molecule has 7 nitrogen and oxygen atoms in total. The minimum absolute atomic E-state index is 0.00667. The number of nitrogens with zero attached hydrogens (tertiary/aromatic N) is 2. The van der Waals surface area contributed by atoms with Crippen molar-refractivity contribution in [2.75, 3.05) is 36.8 Å². The van der Waals surface area contributed by atoms with Gasteiger partial charge in [-0.15, -0.1) is 0 Å². The highest BCUT2D eigenvalue weighted by Crippen LogP contribution is 2.45. The van der Waals surface area contributed by atoms with Crippen LogP contribution in [0.2, 0.25) is 0 Å². The molecule has 2 aliphatic heterocycles. The Kier molecular flexibility index (Phi) is 5.90. The fourth-order valence-corrected chi connectivity index (χ4v) is 3.82. The molecule has 2 aliphatic rings. The van der Waals surface area contributed by atoms with Crippen LogP contribution in [0, 0.1) is 0 Å². The third kappa shape index (κ3) is 4.06. The van der Waals surface area contributed by atoms with Crippen LogP contribution in [-0.4, -0.2) is 51.7 Å². The van der Waals surface area contributed by atoms with Crippen molar-refractivity contribution in [1.29, 1.82) is 0 Å². The molecule has 144 valence electrons. The van der Waals surface area contributed by atoms with Gasteiger partial charge < -0.3 is 14.4 Å². The van der Waals surface area contributed by atoms with Crippen molar-refractivity contribution in [3.63, 3.8) is 0 Å². The number of ether oxygens (including phenoxy) is 2. The van der Waals surface area contributed by atoms with Gasteiger partial charge >= 0.3 is 0 Å². The molecule has 1 aromatic rings. The molecule has 26 heavy (non-hydrogen) atoms. The van der Waals surface area contributed by atoms with Gasteiger partial charge in [0.15, 0.2) is 5.75 Å². The Morgan fingerprint density at radius 3 is 2.92 bits per heavy atom. The molecule has 8 heteroatoms. The molecule has 1 aromatic carbocycles. The summed E-state index contributed by atoms with van der Waals surface area (Å²) in [5.41, 5.74) is 1.39. The van der Waals surface area contributed by atoms with Crippen molar-refractivity contribution in [1.82, 2.24) is 4.90 Å². The van der Waals surface area contributed by atoms with Crippen LogP contribution < -0.4 is 14.2 Å². The molecule has 0 aromatic heterocycles. The van der Waals surface area contributed by atoms with Gasteiger partial charge in [0.1, 0.15) is 11.4 Å². The molecule has 0 spiro atoms. The van der Waals surface area contributed by atoms with Gasteiger partial charge in [-0.05, 0) is 25.5 Å². The summed E-state index contributed by atoms with van der Waals surface area (Å²) in [6.07, 6.45) is 4.63. The quantitative estimate of drug-likeness (QED) is 0.701. The van der Waals surface area contributed by atoms with E-state index in [9.17, 15) is 8.42 Å². The summed E-state index contributed by atoms with van der Waals surface area (Å²) in [7, 11) is -3.45. The van der Waals surface area contributed by atoms with Gasteiger partial charge in [0.2, 0.25) is 10.0 Å². The maximum Gasteiger partial charge on any atom is 0.232 e. The Balaban J connectivity index is 1.98. The van der Waals surface area contributed by atoms with E-state index in [0.29, 0.717) is 30.4 Å². The zero-order valence-electron chi connectivity index (χ0n) is 15.4. The molecular formula is C18H27N3O4S. The highest BCUT2D eigenvalue weighted by atomic mass is 32.2. The highest BCUT2D eigenvalue weighted by Gasteiger charge is 2.31. The number of rotatable bonds is 8. The molecule has 1 atom stereocenters. The molecule has 1 N–H and O–H groups in total.